The summed E-state index contributed by atoms with van der Waals surface area (Å²) in [5, 5.41) is 10.0. The van der Waals surface area contributed by atoms with Crippen LogP contribution >= 0.6 is 0 Å². The van der Waals surface area contributed by atoms with E-state index in [1.165, 1.54) is 0 Å². The molecule has 0 spiro atoms. The Kier molecular flexibility index (Phi) is 9.38. The molecule has 1 aliphatic rings. The number of aliphatic hydroxyl groups excluding tert-OH is 1. The molecule has 0 unspecified atom stereocenters. The van der Waals surface area contributed by atoms with Gasteiger partial charge in [0.25, 0.3) is 0 Å². The van der Waals surface area contributed by atoms with Gasteiger partial charge in [-0.25, -0.2) is 0 Å². The Morgan fingerprint density at radius 3 is 2.43 bits per heavy atom. The van der Waals surface area contributed by atoms with Gasteiger partial charge >= 0.3 is 0 Å². The fraction of sp³-hybridized carbons (Fsp3) is 0.440. The van der Waals surface area contributed by atoms with E-state index in [-0.39, 0.29) is 12.2 Å². The van der Waals surface area contributed by atoms with Gasteiger partial charge in [-0.3, -0.25) is 0 Å². The molecule has 3 rings (SSSR count). The van der Waals surface area contributed by atoms with Crippen LogP contribution in [0.1, 0.15) is 30.4 Å². The van der Waals surface area contributed by atoms with Gasteiger partial charge in [-0.1, -0.05) is 54.6 Å². The lowest BCUT2D eigenvalue weighted by molar-refractivity contribution is 0.0250. The molecule has 2 aromatic rings. The highest BCUT2D eigenvalue weighted by Crippen LogP contribution is 2.26. The molecule has 1 aliphatic heterocycles. The van der Waals surface area contributed by atoms with E-state index in [0.29, 0.717) is 32.8 Å². The lowest BCUT2D eigenvalue weighted by atomic mass is 10.1. The number of epoxide rings is 1. The zero-order valence-corrected chi connectivity index (χ0v) is 17.6. The molecule has 5 nitrogen and oxygen atoms in total. The van der Waals surface area contributed by atoms with Crippen LogP contribution in [0, 0.1) is 0 Å². The minimum absolute atomic E-state index is 0.185. The van der Waals surface area contributed by atoms with Crippen molar-refractivity contribution in [3.8, 4) is 5.75 Å². The second kappa shape index (κ2) is 12.5. The van der Waals surface area contributed by atoms with Gasteiger partial charge in [-0.05, 0) is 42.5 Å². The fourth-order valence-electron chi connectivity index (χ4n) is 3.15. The van der Waals surface area contributed by atoms with Gasteiger partial charge in [-0.15, -0.1) is 0 Å². The third-order valence-electron chi connectivity index (χ3n) is 5.02. The molecule has 1 heterocycles. The molecule has 1 N–H and O–H groups in total. The second-order valence-corrected chi connectivity index (χ2v) is 7.52. The molecule has 0 radical (unpaired) electrons. The van der Waals surface area contributed by atoms with E-state index < -0.39 is 6.10 Å². The molecule has 2 aromatic carbocycles. The van der Waals surface area contributed by atoms with E-state index in [2.05, 4.69) is 12.2 Å². The van der Waals surface area contributed by atoms with Crippen molar-refractivity contribution in [3.63, 3.8) is 0 Å². The third-order valence-corrected chi connectivity index (χ3v) is 5.02. The van der Waals surface area contributed by atoms with Gasteiger partial charge in [0.05, 0.1) is 45.7 Å². The van der Waals surface area contributed by atoms with E-state index in [4.69, 9.17) is 18.9 Å². The lowest BCUT2D eigenvalue weighted by Gasteiger charge is -2.10. The molecule has 0 aromatic heterocycles. The van der Waals surface area contributed by atoms with E-state index in [1.807, 2.05) is 54.6 Å². The van der Waals surface area contributed by atoms with Crippen LogP contribution in [0.25, 0.3) is 0 Å². The summed E-state index contributed by atoms with van der Waals surface area (Å²) in [6, 6.07) is 17.9. The fourth-order valence-corrected chi connectivity index (χ4v) is 3.15. The van der Waals surface area contributed by atoms with Gasteiger partial charge < -0.3 is 24.1 Å². The van der Waals surface area contributed by atoms with Crippen molar-refractivity contribution in [2.75, 3.05) is 20.3 Å². The zero-order valence-electron chi connectivity index (χ0n) is 17.6. The number of aliphatic hydroxyl groups is 1. The first kappa shape index (κ1) is 22.5. The first-order chi connectivity index (χ1) is 14.7. The van der Waals surface area contributed by atoms with Crippen molar-refractivity contribution in [1.29, 1.82) is 0 Å². The second-order valence-electron chi connectivity index (χ2n) is 7.52. The highest BCUT2D eigenvalue weighted by Gasteiger charge is 2.37. The average Bonchev–Trinajstić information content (AvgIpc) is 3.53. The third kappa shape index (κ3) is 8.28. The van der Waals surface area contributed by atoms with Crippen LogP contribution in [0.5, 0.6) is 5.75 Å². The Hall–Kier alpha value is -2.18. The molecule has 0 saturated carbocycles. The highest BCUT2D eigenvalue weighted by atomic mass is 16.6. The monoisotopic (exact) mass is 412 g/mol. The van der Waals surface area contributed by atoms with Crippen molar-refractivity contribution in [2.24, 2.45) is 0 Å². The normalized spacial score (nSPS) is 19.1. The summed E-state index contributed by atoms with van der Waals surface area (Å²) in [5.74, 6) is 0.850. The van der Waals surface area contributed by atoms with Crippen LogP contribution in [0.15, 0.2) is 66.7 Å². The van der Waals surface area contributed by atoms with Crippen LogP contribution in [0.4, 0.5) is 0 Å². The summed E-state index contributed by atoms with van der Waals surface area (Å²) < 4.78 is 22.1. The van der Waals surface area contributed by atoms with Crippen molar-refractivity contribution >= 4 is 0 Å². The number of ether oxygens (including phenoxy) is 4. The molecule has 1 saturated heterocycles. The summed E-state index contributed by atoms with van der Waals surface area (Å²) in [7, 11) is 1.66. The number of rotatable bonds is 14. The molecular weight excluding hydrogens is 380 g/mol. The van der Waals surface area contributed by atoms with Crippen LogP contribution in [0.3, 0.4) is 0 Å². The topological polar surface area (TPSA) is 60.5 Å². The number of methoxy groups -OCH3 is 1. The average molecular weight is 413 g/mol. The Bertz CT molecular complexity index is 744. The number of benzene rings is 2. The predicted molar refractivity (Wildman–Crippen MR) is 116 cm³/mol. The molecule has 0 amide bonds. The van der Waals surface area contributed by atoms with E-state index >= 15 is 0 Å². The zero-order chi connectivity index (χ0) is 21.0. The van der Waals surface area contributed by atoms with Gasteiger partial charge in [-0.2, -0.15) is 0 Å². The van der Waals surface area contributed by atoms with Gasteiger partial charge in [0.2, 0.25) is 0 Å². The minimum Gasteiger partial charge on any atom is -0.497 e. The Morgan fingerprint density at radius 1 is 0.933 bits per heavy atom. The largest absolute Gasteiger partial charge is 0.497 e. The van der Waals surface area contributed by atoms with Gasteiger partial charge in [0.15, 0.2) is 0 Å². The maximum Gasteiger partial charge on any atom is 0.118 e. The molecule has 0 aliphatic carbocycles. The van der Waals surface area contributed by atoms with E-state index in [0.717, 1.165) is 29.7 Å². The van der Waals surface area contributed by atoms with E-state index in [1.54, 1.807) is 7.11 Å². The quantitative estimate of drug-likeness (QED) is 0.371. The molecule has 3 atom stereocenters. The summed E-state index contributed by atoms with van der Waals surface area (Å²) in [6.07, 6.45) is 6.66. The van der Waals surface area contributed by atoms with Crippen molar-refractivity contribution in [1.82, 2.24) is 0 Å². The Morgan fingerprint density at radius 2 is 1.67 bits per heavy atom. The Labute approximate surface area is 179 Å². The SMILES string of the molecule is COc1ccc(COC[C@H]2O[C@H]2C/C=C/CC[C@@H](O)COCc2ccccc2)cc1. The van der Waals surface area contributed by atoms with Gasteiger partial charge in [0, 0.05) is 0 Å². The molecule has 1 fully saturated rings. The minimum atomic E-state index is -0.436. The maximum absolute atomic E-state index is 10.0. The van der Waals surface area contributed by atoms with Crippen LogP contribution in [-0.2, 0) is 27.4 Å². The first-order valence-corrected chi connectivity index (χ1v) is 10.6. The lowest BCUT2D eigenvalue weighted by Crippen LogP contribution is -2.14. The van der Waals surface area contributed by atoms with Crippen LogP contribution < -0.4 is 4.74 Å². The number of hydrogen-bond donors (Lipinski definition) is 1. The van der Waals surface area contributed by atoms with Crippen molar-refractivity contribution < 1.29 is 24.1 Å². The molecular formula is C25H32O5. The van der Waals surface area contributed by atoms with Crippen molar-refractivity contribution in [2.45, 2.75) is 50.8 Å². The summed E-state index contributed by atoms with van der Waals surface area (Å²) >= 11 is 0. The molecule has 5 heteroatoms. The highest BCUT2D eigenvalue weighted by molar-refractivity contribution is 5.26. The maximum atomic E-state index is 10.0. The van der Waals surface area contributed by atoms with Crippen LogP contribution in [0.2, 0.25) is 0 Å². The molecule has 0 bridgehead atoms. The number of allylic oxidation sites excluding steroid dienone is 1. The smallest absolute Gasteiger partial charge is 0.118 e. The summed E-state index contributed by atoms with van der Waals surface area (Å²) in [5.41, 5.74) is 2.25. The number of hydrogen-bond acceptors (Lipinski definition) is 5. The van der Waals surface area contributed by atoms with Crippen molar-refractivity contribution in [3.05, 3.63) is 77.9 Å². The Balaban J connectivity index is 1.18. The first-order valence-electron chi connectivity index (χ1n) is 10.6. The molecule has 162 valence electrons. The molecule has 30 heavy (non-hydrogen) atoms. The summed E-state index contributed by atoms with van der Waals surface area (Å²) in [4.78, 5) is 0. The van der Waals surface area contributed by atoms with Crippen LogP contribution in [-0.4, -0.2) is 43.7 Å². The standard InChI is InChI=1S/C25H32O5/c1-27-23-14-12-21(13-15-23)17-29-19-25-24(30-25)11-7-3-6-10-22(26)18-28-16-20-8-4-2-5-9-20/h2-5,7-9,12-15,22,24-26H,6,10-11,16-19H2,1H3/b7-3+/t22-,24+,25-/m1/s1. The van der Waals surface area contributed by atoms with Gasteiger partial charge in [0.1, 0.15) is 11.9 Å². The predicted octanol–water partition coefficient (Wildman–Crippen LogP) is 4.28. The van der Waals surface area contributed by atoms with E-state index in [9.17, 15) is 5.11 Å². The summed E-state index contributed by atoms with van der Waals surface area (Å²) in [6.45, 7) is 2.09.